The summed E-state index contributed by atoms with van der Waals surface area (Å²) in [6.45, 7) is 5.90. The molecule has 0 saturated carbocycles. The predicted octanol–water partition coefficient (Wildman–Crippen LogP) is 3.66. The van der Waals surface area contributed by atoms with E-state index in [4.69, 9.17) is 15.6 Å². The van der Waals surface area contributed by atoms with Crippen molar-refractivity contribution in [3.63, 3.8) is 0 Å². The molecule has 8 nitrogen and oxygen atoms in total. The molecular weight excluding hydrogens is 484 g/mol. The molecule has 0 spiro atoms. The van der Waals surface area contributed by atoms with Gasteiger partial charge in [0.1, 0.15) is 17.4 Å². The summed E-state index contributed by atoms with van der Waals surface area (Å²) in [6.07, 6.45) is 4.27. The Balaban J connectivity index is 0.000000343. The first-order chi connectivity index (χ1) is 17.7. The summed E-state index contributed by atoms with van der Waals surface area (Å²) in [5, 5.41) is 10.9. The van der Waals surface area contributed by atoms with Crippen LogP contribution in [0, 0.1) is 11.6 Å². The van der Waals surface area contributed by atoms with Crippen LogP contribution >= 0.6 is 0 Å². The Morgan fingerprint density at radius 3 is 2.32 bits per heavy atom. The maximum absolute atomic E-state index is 13.5. The number of nitrogens with zero attached hydrogens (tertiary/aromatic N) is 1. The summed E-state index contributed by atoms with van der Waals surface area (Å²) in [5.41, 5.74) is 7.00. The summed E-state index contributed by atoms with van der Waals surface area (Å²) >= 11 is 0. The lowest BCUT2D eigenvalue weighted by Crippen LogP contribution is -2.35. The maximum Gasteiger partial charge on any atom is 0.341 e. The van der Waals surface area contributed by atoms with Crippen LogP contribution in [-0.2, 0) is 27.3 Å². The minimum absolute atomic E-state index is 0.00168. The molecule has 0 aromatic heterocycles. The molecule has 3 rings (SSSR count). The van der Waals surface area contributed by atoms with Crippen molar-refractivity contribution >= 4 is 18.3 Å². The van der Waals surface area contributed by atoms with E-state index in [1.54, 1.807) is 29.2 Å². The highest BCUT2D eigenvalue weighted by Crippen LogP contribution is 2.15. The highest BCUT2D eigenvalue weighted by atomic mass is 19.1. The van der Waals surface area contributed by atoms with E-state index >= 15 is 0 Å². The average molecular weight is 522 g/mol. The molecule has 1 fully saturated rings. The highest BCUT2D eigenvalue weighted by Gasteiger charge is 2.20. The van der Waals surface area contributed by atoms with E-state index in [0.717, 1.165) is 49.7 Å². The smallest absolute Gasteiger partial charge is 0.341 e. The summed E-state index contributed by atoms with van der Waals surface area (Å²) < 4.78 is 31.4. The van der Waals surface area contributed by atoms with Gasteiger partial charge >= 0.3 is 5.97 Å². The molecule has 1 atom stereocenters. The van der Waals surface area contributed by atoms with Crippen molar-refractivity contribution in [3.8, 4) is 5.75 Å². The molecule has 4 N–H and O–H groups in total. The van der Waals surface area contributed by atoms with Gasteiger partial charge in [0.15, 0.2) is 6.61 Å². The van der Waals surface area contributed by atoms with E-state index in [1.165, 1.54) is 6.42 Å². The average Bonchev–Trinajstić information content (AvgIpc) is 3.41. The zero-order valence-corrected chi connectivity index (χ0v) is 21.4. The van der Waals surface area contributed by atoms with Crippen molar-refractivity contribution in [1.29, 1.82) is 0 Å². The van der Waals surface area contributed by atoms with Crippen molar-refractivity contribution < 1.29 is 33.0 Å². The van der Waals surface area contributed by atoms with Crippen molar-refractivity contribution in [2.75, 3.05) is 19.7 Å². The molecule has 0 radical (unpaired) electrons. The number of likely N-dealkylation sites (tertiary alicyclic amines) is 1. The summed E-state index contributed by atoms with van der Waals surface area (Å²) in [6, 6.07) is 9.63. The van der Waals surface area contributed by atoms with Crippen LogP contribution in [0.4, 0.5) is 8.78 Å². The van der Waals surface area contributed by atoms with Gasteiger partial charge in [0.25, 0.3) is 0 Å². The van der Waals surface area contributed by atoms with Crippen LogP contribution < -0.4 is 15.8 Å². The second-order valence-electron chi connectivity index (χ2n) is 8.52. The third kappa shape index (κ3) is 13.4. The molecule has 2 aromatic rings. The third-order valence-electron chi connectivity index (χ3n) is 5.06. The van der Waals surface area contributed by atoms with Crippen molar-refractivity contribution in [1.82, 2.24) is 10.2 Å². The number of hydrogen-bond donors (Lipinski definition) is 3. The highest BCUT2D eigenvalue weighted by molar-refractivity contribution is 5.77. The van der Waals surface area contributed by atoms with Gasteiger partial charge in [0, 0.05) is 32.1 Å². The predicted molar refractivity (Wildman–Crippen MR) is 137 cm³/mol. The Morgan fingerprint density at radius 1 is 1.14 bits per heavy atom. The monoisotopic (exact) mass is 521 g/mol. The Morgan fingerprint density at radius 2 is 1.76 bits per heavy atom. The second kappa shape index (κ2) is 17.8. The van der Waals surface area contributed by atoms with Gasteiger partial charge in [-0.25, -0.2) is 13.6 Å². The van der Waals surface area contributed by atoms with E-state index in [-0.39, 0.29) is 30.9 Å². The molecule has 1 aliphatic rings. The van der Waals surface area contributed by atoms with Crippen LogP contribution in [0.15, 0.2) is 42.5 Å². The van der Waals surface area contributed by atoms with Crippen molar-refractivity contribution in [2.24, 2.45) is 5.73 Å². The van der Waals surface area contributed by atoms with Gasteiger partial charge in [-0.05, 0) is 60.7 Å². The van der Waals surface area contributed by atoms with Crippen LogP contribution in [0.5, 0.6) is 5.75 Å². The topological polar surface area (TPSA) is 122 Å². The second-order valence-corrected chi connectivity index (χ2v) is 8.52. The zero-order chi connectivity index (χ0) is 27.6. The molecule has 1 unspecified atom stereocenters. The fraction of sp³-hybridized carbons (Fsp3) is 0.444. The molecule has 204 valence electrons. The van der Waals surface area contributed by atoms with Gasteiger partial charge in [0.2, 0.25) is 12.3 Å². The number of hydrogen-bond acceptors (Lipinski definition) is 5. The number of aliphatic carboxylic acids is 1. The molecule has 37 heavy (non-hydrogen) atoms. The minimum atomic E-state index is -1.01. The lowest BCUT2D eigenvalue weighted by atomic mass is 10.0. The van der Waals surface area contributed by atoms with Crippen LogP contribution in [0.2, 0.25) is 0 Å². The minimum Gasteiger partial charge on any atom is -0.482 e. The molecular formula is C27H37F2N3O5. The van der Waals surface area contributed by atoms with E-state index in [1.807, 2.05) is 0 Å². The molecule has 10 heteroatoms. The standard InChI is InChI=1S/C14H18F2N2O.C10H11NO4.C3H8/c15-11-3-4-13(16)10(7-11)8-12(17)9-14(19)18-5-1-2-6-18;12-7-11-5-8-1-3-9(4-2-8)15-6-10(13)14;1-3-2/h3-4,7,12H,1-2,5-6,8-9,17H2;1-4,7H,5-6H2,(H,11,12)(H,13,14);3H2,1-2H3. The van der Waals surface area contributed by atoms with Crippen LogP contribution in [-0.4, -0.2) is 54.0 Å². The van der Waals surface area contributed by atoms with E-state index in [0.29, 0.717) is 18.7 Å². The number of nitrogens with one attached hydrogen (secondary N) is 1. The van der Waals surface area contributed by atoms with Gasteiger partial charge < -0.3 is 25.8 Å². The molecule has 1 aliphatic heterocycles. The zero-order valence-electron chi connectivity index (χ0n) is 21.4. The number of ether oxygens (including phenoxy) is 1. The van der Waals surface area contributed by atoms with Gasteiger partial charge in [-0.3, -0.25) is 9.59 Å². The fourth-order valence-corrected chi connectivity index (χ4v) is 3.38. The Bertz CT molecular complexity index is 967. The van der Waals surface area contributed by atoms with Crippen molar-refractivity contribution in [3.05, 3.63) is 65.2 Å². The Labute approximate surface area is 216 Å². The molecule has 1 heterocycles. The number of nitrogens with two attached hydrogens (primary N) is 1. The third-order valence-corrected chi connectivity index (χ3v) is 5.06. The molecule has 1 saturated heterocycles. The first kappa shape index (κ1) is 31.5. The normalized spacial score (nSPS) is 12.8. The lowest BCUT2D eigenvalue weighted by molar-refractivity contribution is -0.139. The molecule has 2 aromatic carbocycles. The summed E-state index contributed by atoms with van der Waals surface area (Å²) in [5.74, 6) is -1.49. The number of carboxylic acids is 1. The van der Waals surface area contributed by atoms with E-state index < -0.39 is 23.6 Å². The molecule has 0 bridgehead atoms. The Hall–Kier alpha value is -3.53. The van der Waals surface area contributed by atoms with Crippen LogP contribution in [0.25, 0.3) is 0 Å². The first-order valence-electron chi connectivity index (χ1n) is 12.3. The quantitative estimate of drug-likeness (QED) is 0.410. The van der Waals surface area contributed by atoms with Gasteiger partial charge in [-0.2, -0.15) is 0 Å². The molecule has 0 aliphatic carbocycles. The van der Waals surface area contributed by atoms with E-state index in [2.05, 4.69) is 19.2 Å². The number of halogens is 2. The molecule has 2 amide bonds. The van der Waals surface area contributed by atoms with Crippen molar-refractivity contribution in [2.45, 2.75) is 58.5 Å². The van der Waals surface area contributed by atoms with E-state index in [9.17, 15) is 23.2 Å². The first-order valence-corrected chi connectivity index (χ1v) is 12.3. The SMILES string of the molecule is CCC.NC(CC(=O)N1CCCC1)Cc1cc(F)ccc1F.O=CNCc1ccc(OCC(=O)O)cc1. The summed E-state index contributed by atoms with van der Waals surface area (Å²) in [7, 11) is 0. The van der Waals surface area contributed by atoms with Gasteiger partial charge in [0.05, 0.1) is 0 Å². The lowest BCUT2D eigenvalue weighted by Gasteiger charge is -2.18. The number of carbonyl (C=O) groups is 3. The van der Waals surface area contributed by atoms with Gasteiger partial charge in [-0.15, -0.1) is 0 Å². The van der Waals surface area contributed by atoms with Crippen LogP contribution in [0.1, 0.15) is 50.7 Å². The number of rotatable bonds is 10. The maximum atomic E-state index is 13.5. The van der Waals surface area contributed by atoms with Crippen LogP contribution in [0.3, 0.4) is 0 Å². The fourth-order valence-electron chi connectivity index (χ4n) is 3.38. The van der Waals surface area contributed by atoms with Gasteiger partial charge in [-0.1, -0.05) is 32.4 Å². The Kier molecular flexibility index (Phi) is 15.2. The largest absolute Gasteiger partial charge is 0.482 e. The summed E-state index contributed by atoms with van der Waals surface area (Å²) in [4.78, 5) is 33.9. The number of benzene rings is 2. The number of amides is 2. The number of carboxylic acid groups (broad SMARTS) is 1. The number of carbonyl (C=O) groups excluding carboxylic acids is 2.